The second-order valence-corrected chi connectivity index (χ2v) is 4.40. The van der Waals surface area contributed by atoms with Crippen molar-refractivity contribution in [2.45, 2.75) is 6.92 Å². The lowest BCUT2D eigenvalue weighted by Crippen LogP contribution is -1.84. The van der Waals surface area contributed by atoms with Crippen molar-refractivity contribution < 1.29 is 4.39 Å². The number of nitrogens with zero attached hydrogens (tertiary/aromatic N) is 2. The van der Waals surface area contributed by atoms with E-state index in [9.17, 15) is 4.39 Å². The van der Waals surface area contributed by atoms with Gasteiger partial charge in [-0.05, 0) is 36.2 Å². The van der Waals surface area contributed by atoms with Crippen LogP contribution in [-0.2, 0) is 0 Å². The Morgan fingerprint density at radius 3 is 2.71 bits per heavy atom. The Balaban J connectivity index is 2.52. The summed E-state index contributed by atoms with van der Waals surface area (Å²) in [6.07, 6.45) is 0. The summed E-state index contributed by atoms with van der Waals surface area (Å²) in [4.78, 5) is 0. The molecule has 72 valence electrons. The maximum Gasteiger partial charge on any atom is 0.207 e. The van der Waals surface area contributed by atoms with Gasteiger partial charge in [-0.25, -0.2) is 4.39 Å². The van der Waals surface area contributed by atoms with Gasteiger partial charge in [0.25, 0.3) is 0 Å². The van der Waals surface area contributed by atoms with Crippen molar-refractivity contribution >= 4 is 22.9 Å². The zero-order valence-corrected chi connectivity index (χ0v) is 8.86. The standard InChI is InChI=1S/C9H6ClFN2S/c1-5-2-3-6(7(11)4-5)8-12-13-9(10)14-8/h2-4H,1H3. The van der Waals surface area contributed by atoms with Crippen LogP contribution in [0.1, 0.15) is 5.56 Å². The van der Waals surface area contributed by atoms with Crippen LogP contribution in [0.25, 0.3) is 10.6 Å². The fourth-order valence-electron chi connectivity index (χ4n) is 1.11. The number of hydrogen-bond donors (Lipinski definition) is 0. The minimum Gasteiger partial charge on any atom is -0.206 e. The molecule has 1 heterocycles. The van der Waals surface area contributed by atoms with E-state index < -0.39 is 0 Å². The highest BCUT2D eigenvalue weighted by molar-refractivity contribution is 7.18. The highest BCUT2D eigenvalue weighted by atomic mass is 35.5. The molecule has 0 unspecified atom stereocenters. The van der Waals surface area contributed by atoms with Crippen LogP contribution in [0.2, 0.25) is 4.47 Å². The number of hydrogen-bond acceptors (Lipinski definition) is 3. The molecule has 2 aromatic rings. The summed E-state index contributed by atoms with van der Waals surface area (Å²) < 4.78 is 13.8. The normalized spacial score (nSPS) is 10.5. The van der Waals surface area contributed by atoms with Gasteiger partial charge in [0.15, 0.2) is 5.01 Å². The monoisotopic (exact) mass is 228 g/mol. The maximum absolute atomic E-state index is 13.4. The van der Waals surface area contributed by atoms with Gasteiger partial charge in [-0.3, -0.25) is 0 Å². The summed E-state index contributed by atoms with van der Waals surface area (Å²) in [5.41, 5.74) is 1.32. The second kappa shape index (κ2) is 3.63. The molecule has 0 bridgehead atoms. The molecule has 0 saturated heterocycles. The molecule has 1 aromatic carbocycles. The number of rotatable bonds is 1. The molecule has 0 aliphatic carbocycles. The third-order valence-electron chi connectivity index (χ3n) is 1.76. The van der Waals surface area contributed by atoms with Gasteiger partial charge < -0.3 is 0 Å². The Morgan fingerprint density at radius 2 is 2.14 bits per heavy atom. The highest BCUT2D eigenvalue weighted by Crippen LogP contribution is 2.28. The molecule has 1 aromatic heterocycles. The van der Waals surface area contributed by atoms with Crippen LogP contribution in [0.15, 0.2) is 18.2 Å². The predicted molar refractivity (Wildman–Crippen MR) is 55.1 cm³/mol. The van der Waals surface area contributed by atoms with Gasteiger partial charge in [0.1, 0.15) is 5.82 Å². The number of halogens is 2. The first-order valence-corrected chi connectivity index (χ1v) is 5.12. The Kier molecular flexibility index (Phi) is 2.48. The average Bonchev–Trinajstić information content (AvgIpc) is 2.51. The van der Waals surface area contributed by atoms with Crippen molar-refractivity contribution in [1.82, 2.24) is 10.2 Å². The van der Waals surface area contributed by atoms with Crippen LogP contribution < -0.4 is 0 Å². The summed E-state index contributed by atoms with van der Waals surface area (Å²) in [5, 5.41) is 7.90. The molecule has 0 atom stereocenters. The van der Waals surface area contributed by atoms with Crippen molar-refractivity contribution in [2.75, 3.05) is 0 Å². The molecule has 0 aliphatic rings. The van der Waals surface area contributed by atoms with E-state index in [0.717, 1.165) is 16.9 Å². The molecule has 0 aliphatic heterocycles. The molecule has 0 amide bonds. The second-order valence-electron chi connectivity index (χ2n) is 2.84. The molecule has 0 saturated carbocycles. The van der Waals surface area contributed by atoms with Gasteiger partial charge in [-0.15, -0.1) is 10.2 Å². The minimum absolute atomic E-state index is 0.294. The molecule has 0 N–H and O–H groups in total. The van der Waals surface area contributed by atoms with E-state index >= 15 is 0 Å². The largest absolute Gasteiger partial charge is 0.207 e. The Labute approximate surface area is 89.4 Å². The first kappa shape index (κ1) is 9.55. The molecule has 0 spiro atoms. The lowest BCUT2D eigenvalue weighted by Gasteiger charge is -1.98. The van der Waals surface area contributed by atoms with Crippen LogP contribution in [0.5, 0.6) is 0 Å². The first-order chi connectivity index (χ1) is 6.66. The van der Waals surface area contributed by atoms with Gasteiger partial charge in [-0.2, -0.15) is 0 Å². The molecular weight excluding hydrogens is 223 g/mol. The van der Waals surface area contributed by atoms with Crippen molar-refractivity contribution in [2.24, 2.45) is 0 Å². The SMILES string of the molecule is Cc1ccc(-c2nnc(Cl)s2)c(F)c1. The zero-order valence-electron chi connectivity index (χ0n) is 7.29. The topological polar surface area (TPSA) is 25.8 Å². The van der Waals surface area contributed by atoms with E-state index in [1.54, 1.807) is 6.07 Å². The number of aromatic nitrogens is 2. The lowest BCUT2D eigenvalue weighted by atomic mass is 10.1. The summed E-state index contributed by atoms with van der Waals surface area (Å²) >= 11 is 6.78. The van der Waals surface area contributed by atoms with E-state index in [1.165, 1.54) is 6.07 Å². The number of aryl methyl sites for hydroxylation is 1. The third-order valence-corrected chi connectivity index (χ3v) is 2.81. The average molecular weight is 229 g/mol. The summed E-state index contributed by atoms with van der Waals surface area (Å²) in [6, 6.07) is 4.97. The van der Waals surface area contributed by atoms with E-state index in [4.69, 9.17) is 11.6 Å². The summed E-state index contributed by atoms with van der Waals surface area (Å²) in [5.74, 6) is -0.294. The van der Waals surface area contributed by atoms with E-state index in [0.29, 0.717) is 15.0 Å². The molecule has 0 fully saturated rings. The third kappa shape index (κ3) is 1.76. The van der Waals surface area contributed by atoms with Gasteiger partial charge in [0.2, 0.25) is 4.47 Å². The van der Waals surface area contributed by atoms with Gasteiger partial charge in [-0.1, -0.05) is 17.4 Å². The summed E-state index contributed by atoms with van der Waals surface area (Å²) in [7, 11) is 0. The Morgan fingerprint density at radius 1 is 1.36 bits per heavy atom. The first-order valence-electron chi connectivity index (χ1n) is 3.92. The fraction of sp³-hybridized carbons (Fsp3) is 0.111. The number of benzene rings is 1. The molecular formula is C9H6ClFN2S. The van der Waals surface area contributed by atoms with Crippen molar-refractivity contribution in [3.63, 3.8) is 0 Å². The molecule has 0 radical (unpaired) electrons. The van der Waals surface area contributed by atoms with E-state index in [2.05, 4.69) is 10.2 Å². The van der Waals surface area contributed by atoms with E-state index in [-0.39, 0.29) is 5.82 Å². The van der Waals surface area contributed by atoms with Crippen molar-refractivity contribution in [1.29, 1.82) is 0 Å². The fourth-order valence-corrected chi connectivity index (χ4v) is 1.96. The summed E-state index contributed by atoms with van der Waals surface area (Å²) in [6.45, 7) is 1.83. The van der Waals surface area contributed by atoms with Crippen LogP contribution in [0.4, 0.5) is 4.39 Å². The Bertz CT molecular complexity index is 470. The van der Waals surface area contributed by atoms with Crippen LogP contribution in [0, 0.1) is 12.7 Å². The quantitative estimate of drug-likeness (QED) is 0.749. The molecule has 2 rings (SSSR count). The minimum atomic E-state index is -0.294. The predicted octanol–water partition coefficient (Wildman–Crippen LogP) is 3.31. The lowest BCUT2D eigenvalue weighted by molar-refractivity contribution is 0.630. The van der Waals surface area contributed by atoms with Crippen LogP contribution in [-0.4, -0.2) is 10.2 Å². The highest BCUT2D eigenvalue weighted by Gasteiger charge is 2.09. The zero-order chi connectivity index (χ0) is 10.1. The van der Waals surface area contributed by atoms with Gasteiger partial charge in [0, 0.05) is 5.56 Å². The maximum atomic E-state index is 13.4. The van der Waals surface area contributed by atoms with E-state index in [1.807, 2.05) is 13.0 Å². The van der Waals surface area contributed by atoms with Crippen LogP contribution >= 0.6 is 22.9 Å². The molecule has 2 nitrogen and oxygen atoms in total. The Hall–Kier alpha value is -1.00. The molecule has 14 heavy (non-hydrogen) atoms. The van der Waals surface area contributed by atoms with Crippen molar-refractivity contribution in [3.8, 4) is 10.6 Å². The smallest absolute Gasteiger partial charge is 0.206 e. The van der Waals surface area contributed by atoms with Crippen molar-refractivity contribution in [3.05, 3.63) is 34.0 Å². The molecule has 5 heteroatoms. The van der Waals surface area contributed by atoms with Gasteiger partial charge >= 0.3 is 0 Å². The van der Waals surface area contributed by atoms with Gasteiger partial charge in [0.05, 0.1) is 0 Å². The van der Waals surface area contributed by atoms with Crippen LogP contribution in [0.3, 0.4) is 0 Å².